The molecule has 2 aromatic carbocycles. The van der Waals surface area contributed by atoms with Gasteiger partial charge < -0.3 is 24.4 Å². The maximum Gasteiger partial charge on any atom is 0.337 e. The zero-order valence-electron chi connectivity index (χ0n) is 17.0. The zero-order chi connectivity index (χ0) is 22.8. The van der Waals surface area contributed by atoms with Crippen LogP contribution in [0, 0.1) is 0 Å². The van der Waals surface area contributed by atoms with E-state index in [1.807, 2.05) is 0 Å². The number of oxime groups is 1. The van der Waals surface area contributed by atoms with Crippen molar-refractivity contribution in [1.82, 2.24) is 0 Å². The van der Waals surface area contributed by atoms with Crippen molar-refractivity contribution < 1.29 is 38.2 Å². The van der Waals surface area contributed by atoms with Gasteiger partial charge in [-0.05, 0) is 35.9 Å². The average molecular weight is 428 g/mol. The van der Waals surface area contributed by atoms with Gasteiger partial charge in [0.1, 0.15) is 0 Å². The summed E-state index contributed by atoms with van der Waals surface area (Å²) in [4.78, 5) is 52.0. The van der Waals surface area contributed by atoms with Crippen molar-refractivity contribution in [3.8, 4) is 0 Å². The van der Waals surface area contributed by atoms with Gasteiger partial charge in [-0.15, -0.1) is 0 Å². The number of anilines is 1. The maximum absolute atomic E-state index is 12.1. The van der Waals surface area contributed by atoms with E-state index >= 15 is 0 Å². The van der Waals surface area contributed by atoms with Crippen LogP contribution in [0.15, 0.2) is 47.6 Å². The Labute approximate surface area is 177 Å². The molecular weight excluding hydrogens is 408 g/mol. The Balaban J connectivity index is 1.97. The van der Waals surface area contributed by atoms with Gasteiger partial charge in [-0.2, -0.15) is 0 Å². The Hall–Kier alpha value is -4.21. The molecule has 0 bridgehead atoms. The minimum atomic E-state index is -0.680. The molecule has 0 fully saturated rings. The second-order valence-corrected chi connectivity index (χ2v) is 5.95. The van der Waals surface area contributed by atoms with Gasteiger partial charge in [-0.1, -0.05) is 17.3 Å². The molecule has 162 valence electrons. The van der Waals surface area contributed by atoms with Gasteiger partial charge >= 0.3 is 17.9 Å². The first-order valence-electron chi connectivity index (χ1n) is 8.83. The fourth-order valence-corrected chi connectivity index (χ4v) is 2.39. The van der Waals surface area contributed by atoms with Crippen LogP contribution in [0.25, 0.3) is 0 Å². The number of amides is 1. The highest BCUT2D eigenvalue weighted by Crippen LogP contribution is 2.17. The molecule has 1 N–H and O–H groups in total. The normalized spacial score (nSPS) is 10.3. The summed E-state index contributed by atoms with van der Waals surface area (Å²) < 4.78 is 13.9. The van der Waals surface area contributed by atoms with Crippen molar-refractivity contribution in [1.29, 1.82) is 0 Å². The molecule has 0 aromatic heterocycles. The highest BCUT2D eigenvalue weighted by Gasteiger charge is 2.15. The molecule has 2 rings (SSSR count). The van der Waals surface area contributed by atoms with E-state index in [1.165, 1.54) is 45.7 Å². The van der Waals surface area contributed by atoms with Crippen molar-refractivity contribution in [3.05, 3.63) is 64.7 Å². The third kappa shape index (κ3) is 6.67. The van der Waals surface area contributed by atoms with E-state index < -0.39 is 30.4 Å². The van der Waals surface area contributed by atoms with Gasteiger partial charge in [0.2, 0.25) is 0 Å². The molecule has 0 saturated carbocycles. The highest BCUT2D eigenvalue weighted by molar-refractivity contribution is 5.99. The quantitative estimate of drug-likeness (QED) is 0.293. The molecule has 2 aromatic rings. The second-order valence-electron chi connectivity index (χ2n) is 5.95. The standard InChI is InChI=1S/C21H20N2O8/c1-28-19(25)14-6-4-13(5-7-14)11-22-31-12-18(24)23-17-9-15(20(26)29-2)8-16(10-17)21(27)30-3/h4-11H,12H2,1-3H3,(H,23,24)/b22-11+. The minimum absolute atomic E-state index is 0.0649. The fourth-order valence-electron chi connectivity index (χ4n) is 2.39. The molecule has 0 saturated heterocycles. The van der Waals surface area contributed by atoms with Crippen LogP contribution < -0.4 is 5.32 Å². The van der Waals surface area contributed by atoms with E-state index in [0.717, 1.165) is 0 Å². The number of nitrogens with zero attached hydrogens (tertiary/aromatic N) is 1. The second kappa shape index (κ2) is 11.1. The Morgan fingerprint density at radius 2 is 1.32 bits per heavy atom. The van der Waals surface area contributed by atoms with Crippen LogP contribution in [0.5, 0.6) is 0 Å². The van der Waals surface area contributed by atoms with Crippen molar-refractivity contribution >= 4 is 35.7 Å². The van der Waals surface area contributed by atoms with Gasteiger partial charge in [-0.25, -0.2) is 14.4 Å². The molecule has 0 spiro atoms. The molecule has 10 nitrogen and oxygen atoms in total. The van der Waals surface area contributed by atoms with Gasteiger partial charge in [0.25, 0.3) is 5.91 Å². The first kappa shape index (κ1) is 23.1. The average Bonchev–Trinajstić information content (AvgIpc) is 2.80. The summed E-state index contributed by atoms with van der Waals surface area (Å²) in [6.07, 6.45) is 1.36. The predicted octanol–water partition coefficient (Wildman–Crippen LogP) is 2.04. The Morgan fingerprint density at radius 3 is 1.84 bits per heavy atom. The lowest BCUT2D eigenvalue weighted by molar-refractivity contribution is -0.120. The number of nitrogens with one attached hydrogen (secondary N) is 1. The molecule has 0 aliphatic carbocycles. The number of esters is 3. The molecular formula is C21H20N2O8. The highest BCUT2D eigenvalue weighted by atomic mass is 16.6. The minimum Gasteiger partial charge on any atom is -0.465 e. The molecule has 0 aliphatic rings. The topological polar surface area (TPSA) is 130 Å². The van der Waals surface area contributed by atoms with E-state index in [-0.39, 0.29) is 16.8 Å². The first-order chi connectivity index (χ1) is 14.9. The lowest BCUT2D eigenvalue weighted by atomic mass is 10.1. The number of ether oxygens (including phenoxy) is 3. The van der Waals surface area contributed by atoms with Crippen LogP contribution in [0.2, 0.25) is 0 Å². The molecule has 0 unspecified atom stereocenters. The van der Waals surface area contributed by atoms with E-state index in [2.05, 4.69) is 24.7 Å². The predicted molar refractivity (Wildman–Crippen MR) is 109 cm³/mol. The molecule has 0 radical (unpaired) electrons. The first-order valence-corrected chi connectivity index (χ1v) is 8.83. The number of carbonyl (C=O) groups is 4. The Morgan fingerprint density at radius 1 is 0.806 bits per heavy atom. The summed E-state index contributed by atoms with van der Waals surface area (Å²) in [5, 5.41) is 6.19. The number of carbonyl (C=O) groups excluding carboxylic acids is 4. The third-order valence-electron chi connectivity index (χ3n) is 3.86. The number of benzene rings is 2. The molecule has 31 heavy (non-hydrogen) atoms. The summed E-state index contributed by atoms with van der Waals surface area (Å²) in [5.41, 5.74) is 1.34. The van der Waals surface area contributed by atoms with Crippen LogP contribution in [-0.4, -0.2) is 58.0 Å². The zero-order valence-corrected chi connectivity index (χ0v) is 17.0. The van der Waals surface area contributed by atoms with Crippen molar-refractivity contribution in [3.63, 3.8) is 0 Å². The van der Waals surface area contributed by atoms with Crippen LogP contribution in [0.4, 0.5) is 5.69 Å². The van der Waals surface area contributed by atoms with Crippen LogP contribution >= 0.6 is 0 Å². The summed E-state index contributed by atoms with van der Waals surface area (Å²) in [7, 11) is 3.68. The Bertz CT molecular complexity index is 965. The summed E-state index contributed by atoms with van der Waals surface area (Å²) >= 11 is 0. The molecule has 0 aliphatic heterocycles. The van der Waals surface area contributed by atoms with E-state index in [1.54, 1.807) is 24.3 Å². The maximum atomic E-state index is 12.1. The number of methoxy groups -OCH3 is 3. The summed E-state index contributed by atoms with van der Waals surface area (Å²) in [6.45, 7) is -0.424. The van der Waals surface area contributed by atoms with Gasteiger partial charge in [0.15, 0.2) is 6.61 Å². The van der Waals surface area contributed by atoms with Gasteiger partial charge in [0.05, 0.1) is 44.2 Å². The molecule has 0 heterocycles. The lowest BCUT2D eigenvalue weighted by Crippen LogP contribution is -2.18. The van der Waals surface area contributed by atoms with Gasteiger partial charge in [0, 0.05) is 5.69 Å². The van der Waals surface area contributed by atoms with E-state index in [0.29, 0.717) is 11.1 Å². The van der Waals surface area contributed by atoms with Crippen LogP contribution in [0.1, 0.15) is 36.6 Å². The third-order valence-corrected chi connectivity index (χ3v) is 3.86. The fraction of sp³-hybridized carbons (Fsp3) is 0.190. The largest absolute Gasteiger partial charge is 0.465 e. The summed E-state index contributed by atoms with van der Waals surface area (Å²) in [6, 6.07) is 10.4. The molecule has 10 heteroatoms. The summed E-state index contributed by atoms with van der Waals surface area (Å²) in [5.74, 6) is -2.39. The van der Waals surface area contributed by atoms with Crippen molar-refractivity contribution in [2.45, 2.75) is 0 Å². The smallest absolute Gasteiger partial charge is 0.337 e. The number of hydrogen-bond donors (Lipinski definition) is 1. The number of hydrogen-bond acceptors (Lipinski definition) is 9. The number of rotatable bonds is 8. The lowest BCUT2D eigenvalue weighted by Gasteiger charge is -2.09. The van der Waals surface area contributed by atoms with Crippen LogP contribution in [-0.2, 0) is 23.8 Å². The Kier molecular flexibility index (Phi) is 8.26. The SMILES string of the molecule is COC(=O)c1ccc(/C=N/OCC(=O)Nc2cc(C(=O)OC)cc(C(=O)OC)c2)cc1. The van der Waals surface area contributed by atoms with E-state index in [4.69, 9.17) is 4.84 Å². The van der Waals surface area contributed by atoms with E-state index in [9.17, 15) is 19.2 Å². The van der Waals surface area contributed by atoms with Crippen molar-refractivity contribution in [2.75, 3.05) is 33.3 Å². The molecule has 1 amide bonds. The molecule has 0 atom stereocenters. The van der Waals surface area contributed by atoms with Gasteiger partial charge in [-0.3, -0.25) is 4.79 Å². The monoisotopic (exact) mass is 428 g/mol. The van der Waals surface area contributed by atoms with Crippen molar-refractivity contribution in [2.24, 2.45) is 5.16 Å². The van der Waals surface area contributed by atoms with Crippen LogP contribution in [0.3, 0.4) is 0 Å².